The zero-order valence-corrected chi connectivity index (χ0v) is 15.0. The van der Waals surface area contributed by atoms with E-state index >= 15 is 0 Å². The zero-order valence-electron chi connectivity index (χ0n) is 13.4. The third-order valence-electron chi connectivity index (χ3n) is 4.60. The number of carbonyl (C=O) groups is 3. The van der Waals surface area contributed by atoms with Crippen LogP contribution in [0, 0.1) is 18.8 Å². The van der Waals surface area contributed by atoms with Crippen molar-refractivity contribution in [1.82, 2.24) is 4.90 Å². The molecule has 1 fully saturated rings. The molecule has 1 heterocycles. The number of nitrogens with zero attached hydrogens (tertiary/aromatic N) is 1. The van der Waals surface area contributed by atoms with Crippen LogP contribution in [0.3, 0.4) is 0 Å². The summed E-state index contributed by atoms with van der Waals surface area (Å²) in [7, 11) is 0. The first-order chi connectivity index (χ1) is 11.5. The molecule has 126 valence electrons. The van der Waals surface area contributed by atoms with Crippen molar-refractivity contribution in [1.29, 1.82) is 0 Å². The zero-order chi connectivity index (χ0) is 17.3. The molecule has 1 aliphatic carbocycles. The molecule has 3 amide bonds. The topological polar surface area (TPSA) is 66.5 Å². The van der Waals surface area contributed by atoms with E-state index in [-0.39, 0.29) is 42.5 Å². The highest BCUT2D eigenvalue weighted by Gasteiger charge is 2.46. The van der Waals surface area contributed by atoms with Gasteiger partial charge in [-0.15, -0.1) is 0 Å². The summed E-state index contributed by atoms with van der Waals surface area (Å²) in [6, 6.07) is 5.55. The van der Waals surface area contributed by atoms with Gasteiger partial charge >= 0.3 is 0 Å². The van der Waals surface area contributed by atoms with Gasteiger partial charge in [0.15, 0.2) is 0 Å². The molecule has 0 spiro atoms. The van der Waals surface area contributed by atoms with Gasteiger partial charge in [-0.25, -0.2) is 0 Å². The van der Waals surface area contributed by atoms with Crippen molar-refractivity contribution in [2.24, 2.45) is 11.8 Å². The fraction of sp³-hybridized carbons (Fsp3) is 0.389. The number of fused-ring (bicyclic) bond motifs is 1. The minimum Gasteiger partial charge on any atom is -0.326 e. The number of allylic oxidation sites excluding steroid dienone is 2. The minimum absolute atomic E-state index is 0.111. The molecule has 0 aromatic heterocycles. The van der Waals surface area contributed by atoms with Crippen LogP contribution >= 0.6 is 15.9 Å². The summed E-state index contributed by atoms with van der Waals surface area (Å²) in [6.07, 6.45) is 5.27. The number of amides is 3. The summed E-state index contributed by atoms with van der Waals surface area (Å²) in [4.78, 5) is 38.0. The van der Waals surface area contributed by atoms with E-state index in [2.05, 4.69) is 21.2 Å². The van der Waals surface area contributed by atoms with Gasteiger partial charge in [0.1, 0.15) is 0 Å². The Hall–Kier alpha value is -1.95. The molecule has 5 nitrogen and oxygen atoms in total. The molecule has 2 atom stereocenters. The van der Waals surface area contributed by atoms with Crippen LogP contribution in [0.5, 0.6) is 0 Å². The maximum Gasteiger partial charge on any atom is 0.233 e. The van der Waals surface area contributed by atoms with E-state index in [0.29, 0.717) is 18.5 Å². The van der Waals surface area contributed by atoms with Crippen LogP contribution in [0.4, 0.5) is 5.69 Å². The Labute approximate surface area is 149 Å². The van der Waals surface area contributed by atoms with Crippen LogP contribution in [0.2, 0.25) is 0 Å². The summed E-state index contributed by atoms with van der Waals surface area (Å²) in [6.45, 7) is 2.09. The molecule has 1 N–H and O–H groups in total. The normalized spacial score (nSPS) is 22.7. The number of hydrogen-bond donors (Lipinski definition) is 1. The molecule has 2 aliphatic rings. The predicted molar refractivity (Wildman–Crippen MR) is 94.2 cm³/mol. The average molecular weight is 391 g/mol. The molecule has 3 rings (SSSR count). The quantitative estimate of drug-likeness (QED) is 0.634. The number of carbonyl (C=O) groups excluding carboxylic acids is 3. The monoisotopic (exact) mass is 390 g/mol. The molecule has 1 saturated heterocycles. The number of halogens is 1. The predicted octanol–water partition coefficient (Wildman–Crippen LogP) is 3.04. The molecular weight excluding hydrogens is 372 g/mol. The van der Waals surface area contributed by atoms with Crippen LogP contribution in [0.25, 0.3) is 0 Å². The van der Waals surface area contributed by atoms with Gasteiger partial charge in [-0.2, -0.15) is 0 Å². The smallest absolute Gasteiger partial charge is 0.233 e. The number of likely N-dealkylation sites (tertiary alicyclic amines) is 1. The molecule has 1 aromatic rings. The van der Waals surface area contributed by atoms with Gasteiger partial charge in [0.25, 0.3) is 0 Å². The van der Waals surface area contributed by atoms with Crippen LogP contribution in [0.1, 0.15) is 24.8 Å². The summed E-state index contributed by atoms with van der Waals surface area (Å²) in [5.74, 6) is -0.951. The number of rotatable bonds is 4. The van der Waals surface area contributed by atoms with Gasteiger partial charge in [-0.05, 0) is 43.5 Å². The lowest BCUT2D eigenvalue weighted by Crippen LogP contribution is -2.34. The third kappa shape index (κ3) is 3.29. The van der Waals surface area contributed by atoms with Crippen molar-refractivity contribution in [2.45, 2.75) is 26.2 Å². The Morgan fingerprint density at radius 3 is 2.42 bits per heavy atom. The van der Waals surface area contributed by atoms with Gasteiger partial charge in [0, 0.05) is 23.1 Å². The van der Waals surface area contributed by atoms with Crippen molar-refractivity contribution in [3.05, 3.63) is 40.4 Å². The molecule has 0 saturated carbocycles. The number of aryl methyl sites for hydroxylation is 1. The summed E-state index contributed by atoms with van der Waals surface area (Å²) < 4.78 is 0.977. The number of imide groups is 1. The number of nitrogens with one attached hydrogen (secondary N) is 1. The highest BCUT2D eigenvalue weighted by atomic mass is 79.9. The minimum atomic E-state index is -0.236. The molecule has 1 aromatic carbocycles. The lowest BCUT2D eigenvalue weighted by Gasteiger charge is -2.14. The molecule has 0 radical (unpaired) electrons. The lowest BCUT2D eigenvalue weighted by molar-refractivity contribution is -0.140. The number of benzene rings is 1. The first-order valence-corrected chi connectivity index (χ1v) is 8.83. The summed E-state index contributed by atoms with van der Waals surface area (Å²) in [5.41, 5.74) is 1.73. The molecule has 1 aliphatic heterocycles. The highest BCUT2D eigenvalue weighted by molar-refractivity contribution is 9.10. The van der Waals surface area contributed by atoms with Crippen molar-refractivity contribution in [3.8, 4) is 0 Å². The Morgan fingerprint density at radius 1 is 1.21 bits per heavy atom. The molecule has 0 unspecified atom stereocenters. The van der Waals surface area contributed by atoms with Crippen LogP contribution in [0.15, 0.2) is 34.8 Å². The van der Waals surface area contributed by atoms with Crippen molar-refractivity contribution in [2.75, 3.05) is 11.9 Å². The van der Waals surface area contributed by atoms with E-state index in [4.69, 9.17) is 0 Å². The summed E-state index contributed by atoms with van der Waals surface area (Å²) >= 11 is 3.41. The molecule has 24 heavy (non-hydrogen) atoms. The summed E-state index contributed by atoms with van der Waals surface area (Å²) in [5, 5.41) is 2.80. The Bertz CT molecular complexity index is 703. The van der Waals surface area contributed by atoms with E-state index in [9.17, 15) is 14.4 Å². The Kier molecular flexibility index (Phi) is 4.85. The van der Waals surface area contributed by atoms with E-state index < -0.39 is 0 Å². The van der Waals surface area contributed by atoms with Gasteiger partial charge in [0.05, 0.1) is 11.8 Å². The van der Waals surface area contributed by atoms with Crippen molar-refractivity contribution >= 4 is 39.3 Å². The van der Waals surface area contributed by atoms with Gasteiger partial charge in [-0.3, -0.25) is 19.3 Å². The van der Waals surface area contributed by atoms with Crippen LogP contribution in [-0.4, -0.2) is 29.2 Å². The second-order valence-electron chi connectivity index (χ2n) is 6.25. The third-order valence-corrected chi connectivity index (χ3v) is 5.49. The Balaban J connectivity index is 1.57. The lowest BCUT2D eigenvalue weighted by atomic mass is 9.85. The van der Waals surface area contributed by atoms with Gasteiger partial charge in [0.2, 0.25) is 17.7 Å². The number of anilines is 1. The Morgan fingerprint density at radius 2 is 1.83 bits per heavy atom. The molecule has 0 bridgehead atoms. The largest absolute Gasteiger partial charge is 0.326 e. The second-order valence-corrected chi connectivity index (χ2v) is 7.10. The van der Waals surface area contributed by atoms with Gasteiger partial charge < -0.3 is 5.32 Å². The maximum atomic E-state index is 12.3. The van der Waals surface area contributed by atoms with Crippen molar-refractivity contribution in [3.63, 3.8) is 0 Å². The van der Waals surface area contributed by atoms with Crippen molar-refractivity contribution < 1.29 is 14.4 Å². The maximum absolute atomic E-state index is 12.3. The first kappa shape index (κ1) is 16.9. The first-order valence-electron chi connectivity index (χ1n) is 8.03. The van der Waals surface area contributed by atoms with E-state index in [1.165, 1.54) is 4.90 Å². The molecule has 6 heteroatoms. The van der Waals surface area contributed by atoms with Gasteiger partial charge in [-0.1, -0.05) is 28.1 Å². The average Bonchev–Trinajstić information content (AvgIpc) is 2.81. The fourth-order valence-corrected chi connectivity index (χ4v) is 3.50. The second kappa shape index (κ2) is 6.89. The van der Waals surface area contributed by atoms with E-state index in [0.717, 1.165) is 10.0 Å². The van der Waals surface area contributed by atoms with Crippen LogP contribution in [-0.2, 0) is 14.4 Å². The van der Waals surface area contributed by atoms with Crippen LogP contribution < -0.4 is 5.32 Å². The standard InChI is InChI=1S/C18H19BrN2O3/c1-11-10-12(6-7-15(11)19)20-16(22)8-9-21-17(23)13-4-2-3-5-14(13)18(21)24/h2-3,6-7,10,13-14H,4-5,8-9H2,1H3,(H,20,22)/t13-,14+. The van der Waals surface area contributed by atoms with E-state index in [1.807, 2.05) is 31.2 Å². The fourth-order valence-electron chi connectivity index (χ4n) is 3.25. The highest BCUT2D eigenvalue weighted by Crippen LogP contribution is 2.35. The molecular formula is C18H19BrN2O3. The SMILES string of the molecule is Cc1cc(NC(=O)CCN2C(=O)[C@H]3CC=CC[C@H]3C2=O)ccc1Br. The number of hydrogen-bond acceptors (Lipinski definition) is 3. The van der Waals surface area contributed by atoms with E-state index in [1.54, 1.807) is 6.07 Å².